The van der Waals surface area contributed by atoms with Gasteiger partial charge in [0, 0.05) is 24.8 Å². The molecular weight excluding hydrogens is 252 g/mol. The van der Waals surface area contributed by atoms with Crippen LogP contribution in [0.5, 0.6) is 5.75 Å². The molecule has 4 nitrogen and oxygen atoms in total. The normalized spacial score (nSPS) is 10.4. The second-order valence-electron chi connectivity index (χ2n) is 4.56. The maximum absolute atomic E-state index is 5.60. The van der Waals surface area contributed by atoms with Gasteiger partial charge >= 0.3 is 0 Å². The molecule has 0 saturated carbocycles. The van der Waals surface area contributed by atoms with Crippen molar-refractivity contribution in [2.75, 3.05) is 25.0 Å². The molecule has 4 heteroatoms. The van der Waals surface area contributed by atoms with Crippen molar-refractivity contribution in [1.29, 1.82) is 0 Å². The van der Waals surface area contributed by atoms with E-state index < -0.39 is 0 Å². The Labute approximate surface area is 120 Å². The summed E-state index contributed by atoms with van der Waals surface area (Å²) in [5, 5.41) is 6.69. The summed E-state index contributed by atoms with van der Waals surface area (Å²) in [4.78, 5) is 0. The topological polar surface area (TPSA) is 46.4 Å². The average Bonchev–Trinajstić information content (AvgIpc) is 2.98. The third-order valence-corrected chi connectivity index (χ3v) is 2.82. The van der Waals surface area contributed by atoms with Crippen LogP contribution in [0.25, 0.3) is 0 Å². The molecule has 108 valence electrons. The van der Waals surface area contributed by atoms with E-state index in [2.05, 4.69) is 17.6 Å². The molecule has 0 amide bonds. The van der Waals surface area contributed by atoms with E-state index in [0.29, 0.717) is 0 Å². The fraction of sp³-hybridized carbons (Fsp3) is 0.375. The van der Waals surface area contributed by atoms with Crippen LogP contribution < -0.4 is 15.4 Å². The van der Waals surface area contributed by atoms with Crippen molar-refractivity contribution in [1.82, 2.24) is 5.32 Å². The molecule has 2 N–H and O–H groups in total. The lowest BCUT2D eigenvalue weighted by Gasteiger charge is -2.09. The van der Waals surface area contributed by atoms with Crippen LogP contribution in [0.4, 0.5) is 5.69 Å². The Morgan fingerprint density at radius 2 is 2.10 bits per heavy atom. The van der Waals surface area contributed by atoms with Crippen LogP contribution in [0.1, 0.15) is 19.1 Å². The largest absolute Gasteiger partial charge is 0.494 e. The van der Waals surface area contributed by atoms with Crippen LogP contribution in [0, 0.1) is 0 Å². The van der Waals surface area contributed by atoms with E-state index in [-0.39, 0.29) is 0 Å². The summed E-state index contributed by atoms with van der Waals surface area (Å²) in [6, 6.07) is 11.9. The minimum Gasteiger partial charge on any atom is -0.494 e. The van der Waals surface area contributed by atoms with E-state index in [0.717, 1.165) is 49.9 Å². The van der Waals surface area contributed by atoms with E-state index in [1.165, 1.54) is 0 Å². The van der Waals surface area contributed by atoms with Gasteiger partial charge in [-0.2, -0.15) is 0 Å². The first kappa shape index (κ1) is 14.5. The first-order valence-electron chi connectivity index (χ1n) is 7.08. The van der Waals surface area contributed by atoms with Crippen LogP contribution in [0.2, 0.25) is 0 Å². The van der Waals surface area contributed by atoms with Gasteiger partial charge in [0.15, 0.2) is 0 Å². The predicted octanol–water partition coefficient (Wildman–Crippen LogP) is 3.27. The monoisotopic (exact) mass is 274 g/mol. The van der Waals surface area contributed by atoms with E-state index in [1.807, 2.05) is 36.4 Å². The SMILES string of the molecule is CCCOc1cccc(NCCNCc2ccco2)c1. The Hall–Kier alpha value is -1.94. The quantitative estimate of drug-likeness (QED) is 0.689. The summed E-state index contributed by atoms with van der Waals surface area (Å²) in [5.41, 5.74) is 1.08. The van der Waals surface area contributed by atoms with Crippen molar-refractivity contribution < 1.29 is 9.15 Å². The smallest absolute Gasteiger partial charge is 0.121 e. The van der Waals surface area contributed by atoms with Crippen LogP contribution in [-0.4, -0.2) is 19.7 Å². The molecule has 0 aliphatic carbocycles. The fourth-order valence-corrected chi connectivity index (χ4v) is 1.84. The van der Waals surface area contributed by atoms with Gasteiger partial charge in [-0.1, -0.05) is 13.0 Å². The highest BCUT2D eigenvalue weighted by molar-refractivity contribution is 5.48. The van der Waals surface area contributed by atoms with Crippen molar-refractivity contribution in [3.05, 3.63) is 48.4 Å². The van der Waals surface area contributed by atoms with Gasteiger partial charge in [0.25, 0.3) is 0 Å². The second-order valence-corrected chi connectivity index (χ2v) is 4.56. The fourth-order valence-electron chi connectivity index (χ4n) is 1.84. The van der Waals surface area contributed by atoms with Crippen LogP contribution >= 0.6 is 0 Å². The molecular formula is C16H22N2O2. The zero-order chi connectivity index (χ0) is 14.0. The Bertz CT molecular complexity index is 483. The summed E-state index contributed by atoms with van der Waals surface area (Å²) in [7, 11) is 0. The van der Waals surface area contributed by atoms with Crippen LogP contribution in [0.15, 0.2) is 47.1 Å². The molecule has 20 heavy (non-hydrogen) atoms. The first-order chi connectivity index (χ1) is 9.88. The molecule has 0 aliphatic rings. The lowest BCUT2D eigenvalue weighted by atomic mass is 10.3. The summed E-state index contributed by atoms with van der Waals surface area (Å²) in [5.74, 6) is 1.88. The highest BCUT2D eigenvalue weighted by atomic mass is 16.5. The van der Waals surface area contributed by atoms with Gasteiger partial charge < -0.3 is 19.8 Å². The van der Waals surface area contributed by atoms with Gasteiger partial charge in [-0.15, -0.1) is 0 Å². The summed E-state index contributed by atoms with van der Waals surface area (Å²) < 4.78 is 10.9. The Morgan fingerprint density at radius 3 is 2.90 bits per heavy atom. The van der Waals surface area contributed by atoms with E-state index in [4.69, 9.17) is 9.15 Å². The minimum atomic E-state index is 0.758. The van der Waals surface area contributed by atoms with Gasteiger partial charge in [-0.25, -0.2) is 0 Å². The first-order valence-corrected chi connectivity index (χ1v) is 7.08. The second kappa shape index (κ2) is 8.27. The zero-order valence-corrected chi connectivity index (χ0v) is 11.9. The molecule has 0 saturated heterocycles. The highest BCUT2D eigenvalue weighted by Crippen LogP contribution is 2.17. The molecule has 0 spiro atoms. The predicted molar refractivity (Wildman–Crippen MR) is 81.1 cm³/mol. The Balaban J connectivity index is 1.65. The van der Waals surface area contributed by atoms with Gasteiger partial charge in [-0.05, 0) is 30.7 Å². The molecule has 0 bridgehead atoms. The third-order valence-electron chi connectivity index (χ3n) is 2.82. The van der Waals surface area contributed by atoms with E-state index in [9.17, 15) is 0 Å². The van der Waals surface area contributed by atoms with Crippen molar-refractivity contribution in [2.45, 2.75) is 19.9 Å². The number of ether oxygens (including phenoxy) is 1. The molecule has 0 unspecified atom stereocenters. The van der Waals surface area contributed by atoms with E-state index in [1.54, 1.807) is 6.26 Å². The molecule has 2 aromatic rings. The molecule has 0 radical (unpaired) electrons. The summed E-state index contributed by atoms with van der Waals surface area (Å²) in [6.07, 6.45) is 2.71. The average molecular weight is 274 g/mol. The van der Waals surface area contributed by atoms with Crippen molar-refractivity contribution in [3.63, 3.8) is 0 Å². The molecule has 0 aliphatic heterocycles. The van der Waals surface area contributed by atoms with Crippen molar-refractivity contribution >= 4 is 5.69 Å². The molecule has 0 fully saturated rings. The number of hydrogen-bond acceptors (Lipinski definition) is 4. The molecule has 1 aromatic carbocycles. The molecule has 1 aromatic heterocycles. The molecule has 1 heterocycles. The number of anilines is 1. The Morgan fingerprint density at radius 1 is 1.15 bits per heavy atom. The lowest BCUT2D eigenvalue weighted by molar-refractivity contribution is 0.317. The maximum Gasteiger partial charge on any atom is 0.121 e. The van der Waals surface area contributed by atoms with Crippen LogP contribution in [0.3, 0.4) is 0 Å². The number of nitrogens with one attached hydrogen (secondary N) is 2. The minimum absolute atomic E-state index is 0.758. The van der Waals surface area contributed by atoms with Crippen molar-refractivity contribution in [2.24, 2.45) is 0 Å². The van der Waals surface area contributed by atoms with Gasteiger partial charge in [-0.3, -0.25) is 0 Å². The summed E-state index contributed by atoms with van der Waals surface area (Å²) >= 11 is 0. The van der Waals surface area contributed by atoms with Crippen LogP contribution in [-0.2, 0) is 6.54 Å². The van der Waals surface area contributed by atoms with Gasteiger partial charge in [0.2, 0.25) is 0 Å². The maximum atomic E-state index is 5.60. The van der Waals surface area contributed by atoms with Gasteiger partial charge in [0.1, 0.15) is 11.5 Å². The lowest BCUT2D eigenvalue weighted by Crippen LogP contribution is -2.21. The molecule has 2 rings (SSSR count). The number of benzene rings is 1. The highest BCUT2D eigenvalue weighted by Gasteiger charge is 1.97. The molecule has 0 atom stereocenters. The number of furan rings is 1. The standard InChI is InChI=1S/C16H22N2O2/c1-2-10-19-15-6-3-5-14(12-15)18-9-8-17-13-16-7-4-11-20-16/h3-7,11-12,17-18H,2,8-10,13H2,1H3. The van der Waals surface area contributed by atoms with Crippen molar-refractivity contribution in [3.8, 4) is 5.75 Å². The number of rotatable bonds is 9. The summed E-state index contributed by atoms with van der Waals surface area (Å²) in [6.45, 7) is 5.36. The number of hydrogen-bond donors (Lipinski definition) is 2. The zero-order valence-electron chi connectivity index (χ0n) is 11.9. The third kappa shape index (κ3) is 4.97. The van der Waals surface area contributed by atoms with Gasteiger partial charge in [0.05, 0.1) is 19.4 Å². The van der Waals surface area contributed by atoms with E-state index >= 15 is 0 Å². The Kier molecular flexibility index (Phi) is 5.99.